The molecule has 18 heavy (non-hydrogen) atoms. The van der Waals surface area contributed by atoms with Gasteiger partial charge in [-0.15, -0.1) is 0 Å². The van der Waals surface area contributed by atoms with Crippen molar-refractivity contribution in [1.29, 1.82) is 0 Å². The standard InChI is InChI=1S/C11H11F4NO2/c12-10(11(13,14)15)16-4-3-7-1-2-8-9(5-7)18-6-17-8/h1-2,5,10,16H,3-4,6H2. The Morgan fingerprint density at radius 1 is 1.22 bits per heavy atom. The van der Waals surface area contributed by atoms with Crippen LogP contribution in [0.1, 0.15) is 5.56 Å². The summed E-state index contributed by atoms with van der Waals surface area (Å²) in [4.78, 5) is 0. The highest BCUT2D eigenvalue weighted by Gasteiger charge is 2.39. The van der Waals surface area contributed by atoms with Crippen LogP contribution in [0.15, 0.2) is 18.2 Å². The topological polar surface area (TPSA) is 30.5 Å². The Morgan fingerprint density at radius 2 is 1.94 bits per heavy atom. The maximum absolute atomic E-state index is 12.6. The van der Waals surface area contributed by atoms with E-state index in [0.29, 0.717) is 11.5 Å². The number of rotatable bonds is 4. The molecule has 1 N–H and O–H groups in total. The zero-order valence-corrected chi connectivity index (χ0v) is 9.26. The molecule has 0 bridgehead atoms. The molecule has 1 aromatic carbocycles. The fraction of sp³-hybridized carbons (Fsp3) is 0.455. The second kappa shape index (κ2) is 5.01. The molecular formula is C11H11F4NO2. The molecule has 0 fully saturated rings. The summed E-state index contributed by atoms with van der Waals surface area (Å²) in [5.41, 5.74) is 0.751. The largest absolute Gasteiger partial charge is 0.454 e. The summed E-state index contributed by atoms with van der Waals surface area (Å²) in [6.07, 6.45) is -7.59. The first kappa shape index (κ1) is 12.9. The van der Waals surface area contributed by atoms with E-state index in [4.69, 9.17) is 9.47 Å². The first-order chi connectivity index (χ1) is 8.47. The minimum atomic E-state index is -4.87. The molecule has 1 unspecified atom stereocenters. The molecular weight excluding hydrogens is 254 g/mol. The fourth-order valence-electron chi connectivity index (χ4n) is 1.56. The number of halogens is 4. The Balaban J connectivity index is 1.84. The lowest BCUT2D eigenvalue weighted by atomic mass is 10.1. The number of benzene rings is 1. The highest BCUT2D eigenvalue weighted by Crippen LogP contribution is 2.32. The van der Waals surface area contributed by atoms with Crippen molar-refractivity contribution in [3.05, 3.63) is 23.8 Å². The third-order valence-corrected chi connectivity index (χ3v) is 2.46. The van der Waals surface area contributed by atoms with Gasteiger partial charge >= 0.3 is 6.18 Å². The molecule has 3 nitrogen and oxygen atoms in total. The van der Waals surface area contributed by atoms with E-state index >= 15 is 0 Å². The monoisotopic (exact) mass is 265 g/mol. The van der Waals surface area contributed by atoms with Gasteiger partial charge in [-0.1, -0.05) is 6.07 Å². The number of fused-ring (bicyclic) bond motifs is 1. The van der Waals surface area contributed by atoms with Crippen molar-refractivity contribution >= 4 is 0 Å². The van der Waals surface area contributed by atoms with E-state index in [9.17, 15) is 17.6 Å². The molecule has 2 rings (SSSR count). The van der Waals surface area contributed by atoms with Crippen LogP contribution in [0.25, 0.3) is 0 Å². The van der Waals surface area contributed by atoms with E-state index in [0.717, 1.165) is 5.56 Å². The lowest BCUT2D eigenvalue weighted by Gasteiger charge is -2.13. The molecule has 1 aromatic rings. The van der Waals surface area contributed by atoms with Crippen LogP contribution in [-0.2, 0) is 6.42 Å². The van der Waals surface area contributed by atoms with E-state index in [2.05, 4.69) is 0 Å². The van der Waals surface area contributed by atoms with Crippen LogP contribution >= 0.6 is 0 Å². The second-order valence-electron chi connectivity index (χ2n) is 3.80. The molecule has 1 atom stereocenters. The smallest absolute Gasteiger partial charge is 0.433 e. The van der Waals surface area contributed by atoms with E-state index < -0.39 is 12.5 Å². The van der Waals surface area contributed by atoms with E-state index in [1.165, 1.54) is 0 Å². The number of nitrogens with one attached hydrogen (secondary N) is 1. The molecule has 0 saturated heterocycles. The molecule has 0 amide bonds. The van der Waals surface area contributed by atoms with Crippen LogP contribution in [0, 0.1) is 0 Å². The van der Waals surface area contributed by atoms with Gasteiger partial charge < -0.3 is 9.47 Å². The summed E-state index contributed by atoms with van der Waals surface area (Å²) in [6.45, 7) is 0.0258. The van der Waals surface area contributed by atoms with E-state index in [-0.39, 0.29) is 19.8 Å². The molecule has 0 radical (unpaired) electrons. The Bertz CT molecular complexity index is 422. The first-order valence-electron chi connectivity index (χ1n) is 5.29. The average Bonchev–Trinajstić information content (AvgIpc) is 2.74. The molecule has 0 spiro atoms. The normalized spacial score (nSPS) is 15.8. The quantitative estimate of drug-likeness (QED) is 0.670. The van der Waals surface area contributed by atoms with Crippen molar-refractivity contribution < 1.29 is 27.0 Å². The second-order valence-corrected chi connectivity index (χ2v) is 3.80. The molecule has 7 heteroatoms. The Morgan fingerprint density at radius 3 is 2.67 bits per heavy atom. The molecule has 1 heterocycles. The molecule has 0 saturated carbocycles. The van der Waals surface area contributed by atoms with Gasteiger partial charge in [-0.2, -0.15) is 13.2 Å². The lowest BCUT2D eigenvalue weighted by Crippen LogP contribution is -2.39. The van der Waals surface area contributed by atoms with Gasteiger partial charge in [-0.05, 0) is 24.1 Å². The Labute approximate surface area is 101 Å². The number of hydrogen-bond acceptors (Lipinski definition) is 3. The summed E-state index contributed by atoms with van der Waals surface area (Å²) < 4.78 is 58.4. The predicted octanol–water partition coefficient (Wildman–Crippen LogP) is 2.41. The van der Waals surface area contributed by atoms with Crippen molar-refractivity contribution in [1.82, 2.24) is 5.32 Å². The zero-order valence-electron chi connectivity index (χ0n) is 9.26. The fourth-order valence-corrected chi connectivity index (χ4v) is 1.56. The summed E-state index contributed by atoms with van der Waals surface area (Å²) in [5.74, 6) is 1.16. The number of hydrogen-bond donors (Lipinski definition) is 1. The first-order valence-corrected chi connectivity index (χ1v) is 5.29. The van der Waals surface area contributed by atoms with Crippen LogP contribution in [-0.4, -0.2) is 25.8 Å². The number of alkyl halides is 4. The molecule has 1 aliphatic heterocycles. The van der Waals surface area contributed by atoms with Crippen LogP contribution < -0.4 is 14.8 Å². The van der Waals surface area contributed by atoms with Gasteiger partial charge in [0.05, 0.1) is 0 Å². The zero-order chi connectivity index (χ0) is 13.2. The molecule has 0 aliphatic carbocycles. The molecule has 100 valence electrons. The molecule has 0 aromatic heterocycles. The van der Waals surface area contributed by atoms with Crippen molar-refractivity contribution in [2.45, 2.75) is 18.9 Å². The van der Waals surface area contributed by atoms with Crippen LogP contribution in [0.2, 0.25) is 0 Å². The van der Waals surface area contributed by atoms with Gasteiger partial charge in [-0.25, -0.2) is 4.39 Å². The summed E-state index contributed by atoms with van der Waals surface area (Å²) in [7, 11) is 0. The van der Waals surface area contributed by atoms with E-state index in [1.807, 2.05) is 0 Å². The SMILES string of the molecule is FC(NCCc1ccc2c(c1)OCO2)C(F)(F)F. The highest BCUT2D eigenvalue weighted by molar-refractivity contribution is 5.44. The van der Waals surface area contributed by atoms with Gasteiger partial charge in [0.25, 0.3) is 0 Å². The van der Waals surface area contributed by atoms with Gasteiger partial charge in [0, 0.05) is 6.54 Å². The Hall–Kier alpha value is -1.50. The minimum absolute atomic E-state index is 0.111. The van der Waals surface area contributed by atoms with Gasteiger partial charge in [-0.3, -0.25) is 5.32 Å². The third kappa shape index (κ3) is 3.04. The average molecular weight is 265 g/mol. The van der Waals surface area contributed by atoms with Gasteiger partial charge in [0.1, 0.15) is 0 Å². The summed E-state index contributed by atoms with van der Waals surface area (Å²) in [6, 6.07) is 5.05. The van der Waals surface area contributed by atoms with E-state index in [1.54, 1.807) is 23.5 Å². The van der Waals surface area contributed by atoms with Gasteiger partial charge in [0.15, 0.2) is 11.5 Å². The maximum atomic E-state index is 12.6. The summed E-state index contributed by atoms with van der Waals surface area (Å²) >= 11 is 0. The van der Waals surface area contributed by atoms with Crippen molar-refractivity contribution in [3.63, 3.8) is 0 Å². The maximum Gasteiger partial charge on any atom is 0.433 e. The van der Waals surface area contributed by atoms with Crippen molar-refractivity contribution in [3.8, 4) is 11.5 Å². The summed E-state index contributed by atoms with van der Waals surface area (Å²) in [5, 5.41) is 1.78. The lowest BCUT2D eigenvalue weighted by molar-refractivity contribution is -0.188. The number of ether oxygens (including phenoxy) is 2. The highest BCUT2D eigenvalue weighted by atomic mass is 19.4. The predicted molar refractivity (Wildman–Crippen MR) is 55.2 cm³/mol. The van der Waals surface area contributed by atoms with Gasteiger partial charge in [0.2, 0.25) is 13.1 Å². The van der Waals surface area contributed by atoms with Crippen molar-refractivity contribution in [2.24, 2.45) is 0 Å². The van der Waals surface area contributed by atoms with Crippen molar-refractivity contribution in [2.75, 3.05) is 13.3 Å². The van der Waals surface area contributed by atoms with Crippen LogP contribution in [0.5, 0.6) is 11.5 Å². The van der Waals surface area contributed by atoms with Crippen LogP contribution in [0.4, 0.5) is 17.6 Å². The molecule has 1 aliphatic rings. The third-order valence-electron chi connectivity index (χ3n) is 2.46. The van der Waals surface area contributed by atoms with Crippen LogP contribution in [0.3, 0.4) is 0 Å². The minimum Gasteiger partial charge on any atom is -0.454 e. The Kier molecular flexibility index (Phi) is 3.60.